The second-order valence-electron chi connectivity index (χ2n) is 5.61. The maximum Gasteiger partial charge on any atom is 0.308 e. The van der Waals surface area contributed by atoms with Gasteiger partial charge in [-0.2, -0.15) is 0 Å². The van der Waals surface area contributed by atoms with Gasteiger partial charge in [-0.05, 0) is 42.4 Å². The van der Waals surface area contributed by atoms with Crippen LogP contribution in [-0.4, -0.2) is 27.8 Å². The molecule has 0 bridgehead atoms. The van der Waals surface area contributed by atoms with Gasteiger partial charge in [0.25, 0.3) is 0 Å². The van der Waals surface area contributed by atoms with Crippen LogP contribution in [0.4, 0.5) is 0 Å². The molecular formula is C15H20O4S. The van der Waals surface area contributed by atoms with Gasteiger partial charge in [0.2, 0.25) is 0 Å². The predicted molar refractivity (Wildman–Crippen MR) is 76.2 cm³/mol. The Morgan fingerprint density at radius 1 is 1.45 bits per heavy atom. The summed E-state index contributed by atoms with van der Waals surface area (Å²) in [6.45, 7) is 2.06. The zero-order valence-electron chi connectivity index (χ0n) is 12.0. The first-order valence-corrected chi connectivity index (χ1v) is 8.60. The molecule has 0 aromatic heterocycles. The molecule has 1 aromatic rings. The summed E-state index contributed by atoms with van der Waals surface area (Å²) < 4.78 is 27.9. The lowest BCUT2D eigenvalue weighted by Gasteiger charge is -2.12. The average Bonchev–Trinajstić information content (AvgIpc) is 3.16. The molecule has 20 heavy (non-hydrogen) atoms. The van der Waals surface area contributed by atoms with Gasteiger partial charge in [0.15, 0.2) is 9.84 Å². The number of benzene rings is 1. The molecule has 2 rings (SSSR count). The molecule has 110 valence electrons. The third kappa shape index (κ3) is 3.39. The molecule has 3 unspecified atom stereocenters. The fourth-order valence-corrected chi connectivity index (χ4v) is 3.27. The molecule has 0 spiro atoms. The third-order valence-electron chi connectivity index (χ3n) is 3.94. The SMILES string of the molecule is COC(=O)C1CC1CC(C)c1cccc(S(C)(=O)=O)c1. The van der Waals surface area contributed by atoms with Gasteiger partial charge in [-0.3, -0.25) is 4.79 Å². The fraction of sp³-hybridized carbons (Fsp3) is 0.533. The topological polar surface area (TPSA) is 60.4 Å². The molecule has 0 N–H and O–H groups in total. The van der Waals surface area contributed by atoms with Gasteiger partial charge in [0.05, 0.1) is 17.9 Å². The first kappa shape index (κ1) is 15.0. The third-order valence-corrected chi connectivity index (χ3v) is 5.05. The molecule has 5 heteroatoms. The van der Waals surface area contributed by atoms with Crippen LogP contribution in [0.3, 0.4) is 0 Å². The van der Waals surface area contributed by atoms with Gasteiger partial charge < -0.3 is 4.74 Å². The Morgan fingerprint density at radius 2 is 2.15 bits per heavy atom. The van der Waals surface area contributed by atoms with Crippen LogP contribution in [0.25, 0.3) is 0 Å². The summed E-state index contributed by atoms with van der Waals surface area (Å²) in [7, 11) is -1.76. The zero-order valence-corrected chi connectivity index (χ0v) is 12.8. The van der Waals surface area contributed by atoms with E-state index < -0.39 is 9.84 Å². The zero-order chi connectivity index (χ0) is 14.9. The van der Waals surface area contributed by atoms with Crippen molar-refractivity contribution >= 4 is 15.8 Å². The number of rotatable bonds is 5. The highest BCUT2D eigenvalue weighted by atomic mass is 32.2. The Labute approximate surface area is 120 Å². The summed E-state index contributed by atoms with van der Waals surface area (Å²) >= 11 is 0. The van der Waals surface area contributed by atoms with Crippen LogP contribution in [0.5, 0.6) is 0 Å². The molecule has 1 fully saturated rings. The van der Waals surface area contributed by atoms with Crippen molar-refractivity contribution in [1.82, 2.24) is 0 Å². The summed E-state index contributed by atoms with van der Waals surface area (Å²) in [5.41, 5.74) is 1.00. The molecule has 0 aliphatic heterocycles. The first-order valence-electron chi connectivity index (χ1n) is 6.70. The minimum Gasteiger partial charge on any atom is -0.469 e. The Bertz CT molecular complexity index is 606. The van der Waals surface area contributed by atoms with Crippen LogP contribution in [0.2, 0.25) is 0 Å². The van der Waals surface area contributed by atoms with E-state index in [1.54, 1.807) is 18.2 Å². The Morgan fingerprint density at radius 3 is 2.75 bits per heavy atom. The normalized spacial score (nSPS) is 23.1. The quantitative estimate of drug-likeness (QED) is 0.783. The van der Waals surface area contributed by atoms with Crippen LogP contribution in [0, 0.1) is 11.8 Å². The molecule has 4 nitrogen and oxygen atoms in total. The second kappa shape index (κ2) is 5.56. The standard InChI is InChI=1S/C15H20O4S/c1-10(7-12-9-14(12)15(16)19-2)11-5-4-6-13(8-11)20(3,17)18/h4-6,8,10,12,14H,7,9H2,1-3H3. The molecule has 0 saturated heterocycles. The number of carbonyl (C=O) groups excluding carboxylic acids is 1. The molecule has 1 saturated carbocycles. The van der Waals surface area contributed by atoms with Crippen LogP contribution >= 0.6 is 0 Å². The highest BCUT2D eigenvalue weighted by Gasteiger charge is 2.44. The molecule has 0 amide bonds. The summed E-state index contributed by atoms with van der Waals surface area (Å²) in [6, 6.07) is 7.05. The lowest BCUT2D eigenvalue weighted by atomic mass is 9.95. The van der Waals surface area contributed by atoms with Crippen LogP contribution < -0.4 is 0 Å². The van der Waals surface area contributed by atoms with E-state index in [1.807, 2.05) is 6.07 Å². The number of ether oxygens (including phenoxy) is 1. The Kier molecular flexibility index (Phi) is 4.18. The van der Waals surface area contributed by atoms with Gasteiger partial charge in [-0.1, -0.05) is 19.1 Å². The van der Waals surface area contributed by atoms with Gasteiger partial charge in [0, 0.05) is 6.26 Å². The number of sulfone groups is 1. The van der Waals surface area contributed by atoms with Crippen molar-refractivity contribution in [2.24, 2.45) is 11.8 Å². The van der Waals surface area contributed by atoms with Crippen LogP contribution in [-0.2, 0) is 19.4 Å². The number of hydrogen-bond acceptors (Lipinski definition) is 4. The number of hydrogen-bond donors (Lipinski definition) is 0. The molecule has 1 aliphatic carbocycles. The Hall–Kier alpha value is -1.36. The minimum atomic E-state index is -3.17. The molecule has 1 aliphatic rings. The fourth-order valence-electron chi connectivity index (χ4n) is 2.59. The van der Waals surface area contributed by atoms with Crippen molar-refractivity contribution in [2.45, 2.75) is 30.6 Å². The van der Waals surface area contributed by atoms with E-state index in [1.165, 1.54) is 13.4 Å². The van der Waals surface area contributed by atoms with Crippen molar-refractivity contribution in [1.29, 1.82) is 0 Å². The van der Waals surface area contributed by atoms with E-state index in [2.05, 4.69) is 6.92 Å². The number of methoxy groups -OCH3 is 1. The maximum absolute atomic E-state index is 11.6. The molecular weight excluding hydrogens is 276 g/mol. The van der Waals surface area contributed by atoms with Gasteiger partial charge in [-0.25, -0.2) is 8.42 Å². The van der Waals surface area contributed by atoms with E-state index in [0.29, 0.717) is 10.8 Å². The maximum atomic E-state index is 11.6. The lowest BCUT2D eigenvalue weighted by molar-refractivity contribution is -0.142. The highest BCUT2D eigenvalue weighted by molar-refractivity contribution is 7.90. The molecule has 0 radical (unpaired) electrons. The molecule has 3 atom stereocenters. The van der Waals surface area contributed by atoms with Gasteiger partial charge in [-0.15, -0.1) is 0 Å². The van der Waals surface area contributed by atoms with Crippen molar-refractivity contribution < 1.29 is 17.9 Å². The van der Waals surface area contributed by atoms with Gasteiger partial charge >= 0.3 is 5.97 Å². The summed E-state index contributed by atoms with van der Waals surface area (Å²) in [4.78, 5) is 11.7. The summed E-state index contributed by atoms with van der Waals surface area (Å²) in [6.07, 6.45) is 2.97. The Balaban J connectivity index is 2.04. The van der Waals surface area contributed by atoms with Crippen LogP contribution in [0.1, 0.15) is 31.2 Å². The summed E-state index contributed by atoms with van der Waals surface area (Å²) in [5.74, 6) is 0.489. The smallest absolute Gasteiger partial charge is 0.308 e. The number of carbonyl (C=O) groups is 1. The number of esters is 1. The first-order chi connectivity index (χ1) is 9.32. The molecule has 0 heterocycles. The van der Waals surface area contributed by atoms with E-state index >= 15 is 0 Å². The van der Waals surface area contributed by atoms with Crippen molar-refractivity contribution in [3.05, 3.63) is 29.8 Å². The van der Waals surface area contributed by atoms with Crippen LogP contribution in [0.15, 0.2) is 29.2 Å². The lowest BCUT2D eigenvalue weighted by Crippen LogP contribution is -2.06. The minimum absolute atomic E-state index is 0.0283. The molecule has 1 aromatic carbocycles. The highest BCUT2D eigenvalue weighted by Crippen LogP contribution is 2.45. The largest absolute Gasteiger partial charge is 0.469 e. The van der Waals surface area contributed by atoms with Gasteiger partial charge in [0.1, 0.15) is 0 Å². The van der Waals surface area contributed by atoms with E-state index in [-0.39, 0.29) is 17.8 Å². The second-order valence-corrected chi connectivity index (χ2v) is 7.62. The average molecular weight is 296 g/mol. The predicted octanol–water partition coefficient (Wildman–Crippen LogP) is 2.39. The van der Waals surface area contributed by atoms with Crippen molar-refractivity contribution in [2.75, 3.05) is 13.4 Å². The van der Waals surface area contributed by atoms with E-state index in [9.17, 15) is 13.2 Å². The van der Waals surface area contributed by atoms with E-state index in [4.69, 9.17) is 4.74 Å². The van der Waals surface area contributed by atoms with Crippen molar-refractivity contribution in [3.63, 3.8) is 0 Å². The van der Waals surface area contributed by atoms with Crippen molar-refractivity contribution in [3.8, 4) is 0 Å². The summed E-state index contributed by atoms with van der Waals surface area (Å²) in [5, 5.41) is 0. The monoisotopic (exact) mass is 296 g/mol. The van der Waals surface area contributed by atoms with E-state index in [0.717, 1.165) is 18.4 Å².